The lowest BCUT2D eigenvalue weighted by Gasteiger charge is -2.08. The van der Waals surface area contributed by atoms with Crippen LogP contribution in [0.25, 0.3) is 0 Å². The lowest BCUT2D eigenvalue weighted by Crippen LogP contribution is -2.14. The first-order valence-electron chi connectivity index (χ1n) is 5.09. The lowest BCUT2D eigenvalue weighted by molar-refractivity contribution is 0.102. The highest BCUT2D eigenvalue weighted by molar-refractivity contribution is 14.1. The van der Waals surface area contributed by atoms with Crippen molar-refractivity contribution in [1.29, 1.82) is 0 Å². The molecule has 2 aromatic carbocycles. The van der Waals surface area contributed by atoms with E-state index in [4.69, 9.17) is 5.73 Å². The second-order valence-corrected chi connectivity index (χ2v) is 4.68. The number of carbonyl (C=O) groups is 1. The van der Waals surface area contributed by atoms with Gasteiger partial charge in [-0.05, 0) is 46.9 Å². The Balaban J connectivity index is 2.24. The summed E-state index contributed by atoms with van der Waals surface area (Å²) in [6, 6.07) is 14.7. The Kier molecular flexibility index (Phi) is 3.63. The molecule has 0 bridgehead atoms. The van der Waals surface area contributed by atoms with Gasteiger partial charge >= 0.3 is 0 Å². The standard InChI is InChI=1S/C13H11IN2O/c14-11-8-4-7-10(12(11)15)13(17)16-9-5-2-1-3-6-9/h1-8H,15H2,(H,16,17). The summed E-state index contributed by atoms with van der Waals surface area (Å²) in [5, 5.41) is 2.80. The monoisotopic (exact) mass is 338 g/mol. The van der Waals surface area contributed by atoms with Crippen molar-refractivity contribution in [1.82, 2.24) is 0 Å². The predicted molar refractivity (Wildman–Crippen MR) is 78.0 cm³/mol. The van der Waals surface area contributed by atoms with Crippen LogP contribution in [0.1, 0.15) is 10.4 Å². The molecule has 0 aliphatic carbocycles. The fourth-order valence-corrected chi connectivity index (χ4v) is 1.95. The minimum absolute atomic E-state index is 0.188. The van der Waals surface area contributed by atoms with E-state index in [9.17, 15) is 4.79 Å². The largest absolute Gasteiger partial charge is 0.397 e. The van der Waals surface area contributed by atoms with Gasteiger partial charge in [-0.2, -0.15) is 0 Å². The minimum Gasteiger partial charge on any atom is -0.397 e. The third-order valence-electron chi connectivity index (χ3n) is 2.33. The normalized spacial score (nSPS) is 9.94. The highest BCUT2D eigenvalue weighted by Crippen LogP contribution is 2.20. The number of halogens is 1. The van der Waals surface area contributed by atoms with E-state index in [2.05, 4.69) is 27.9 Å². The molecule has 3 N–H and O–H groups in total. The van der Waals surface area contributed by atoms with Crippen LogP contribution < -0.4 is 11.1 Å². The predicted octanol–water partition coefficient (Wildman–Crippen LogP) is 3.13. The Hall–Kier alpha value is -1.56. The minimum atomic E-state index is -0.188. The highest BCUT2D eigenvalue weighted by atomic mass is 127. The summed E-state index contributed by atoms with van der Waals surface area (Å²) in [7, 11) is 0. The number of amides is 1. The zero-order valence-corrected chi connectivity index (χ0v) is 11.1. The van der Waals surface area contributed by atoms with Gasteiger partial charge in [-0.15, -0.1) is 0 Å². The summed E-state index contributed by atoms with van der Waals surface area (Å²) in [6.45, 7) is 0. The van der Waals surface area contributed by atoms with Crippen LogP contribution in [-0.2, 0) is 0 Å². The Morgan fingerprint density at radius 2 is 1.76 bits per heavy atom. The molecular formula is C13H11IN2O. The molecule has 17 heavy (non-hydrogen) atoms. The maximum atomic E-state index is 12.0. The number of anilines is 2. The second kappa shape index (κ2) is 5.18. The zero-order valence-electron chi connectivity index (χ0n) is 8.98. The van der Waals surface area contributed by atoms with Gasteiger partial charge in [0.1, 0.15) is 0 Å². The van der Waals surface area contributed by atoms with Gasteiger partial charge < -0.3 is 11.1 Å². The molecule has 86 valence electrons. The average Bonchev–Trinajstić information content (AvgIpc) is 2.34. The average molecular weight is 338 g/mol. The van der Waals surface area contributed by atoms with Gasteiger partial charge in [0.25, 0.3) is 5.91 Å². The van der Waals surface area contributed by atoms with Crippen LogP contribution >= 0.6 is 22.6 Å². The molecular weight excluding hydrogens is 327 g/mol. The molecule has 2 aromatic rings. The van der Waals surface area contributed by atoms with Crippen molar-refractivity contribution in [3.63, 3.8) is 0 Å². The van der Waals surface area contributed by atoms with E-state index in [1.54, 1.807) is 6.07 Å². The summed E-state index contributed by atoms with van der Waals surface area (Å²) in [5.41, 5.74) is 7.64. The summed E-state index contributed by atoms with van der Waals surface area (Å²) < 4.78 is 0.878. The molecule has 4 heteroatoms. The number of hydrogen-bond acceptors (Lipinski definition) is 2. The van der Waals surface area contributed by atoms with Crippen molar-refractivity contribution in [3.05, 3.63) is 57.7 Å². The first kappa shape index (κ1) is 11.9. The van der Waals surface area contributed by atoms with Gasteiger partial charge in [0.05, 0.1) is 11.3 Å². The van der Waals surface area contributed by atoms with Crippen molar-refractivity contribution in [2.45, 2.75) is 0 Å². The van der Waals surface area contributed by atoms with Crippen molar-refractivity contribution in [2.75, 3.05) is 11.1 Å². The SMILES string of the molecule is Nc1c(I)cccc1C(=O)Nc1ccccc1. The molecule has 0 heterocycles. The quantitative estimate of drug-likeness (QED) is 0.653. The number of nitrogens with two attached hydrogens (primary N) is 1. The molecule has 0 saturated carbocycles. The fourth-order valence-electron chi connectivity index (χ4n) is 1.45. The number of nitrogens with one attached hydrogen (secondary N) is 1. The van der Waals surface area contributed by atoms with Crippen LogP contribution in [0.2, 0.25) is 0 Å². The van der Waals surface area contributed by atoms with Crippen molar-refractivity contribution < 1.29 is 4.79 Å². The molecule has 3 nitrogen and oxygen atoms in total. The number of nitrogen functional groups attached to an aromatic ring is 1. The molecule has 0 saturated heterocycles. The van der Waals surface area contributed by atoms with Crippen molar-refractivity contribution in [2.24, 2.45) is 0 Å². The first-order valence-corrected chi connectivity index (χ1v) is 6.17. The summed E-state index contributed by atoms with van der Waals surface area (Å²) in [4.78, 5) is 12.0. The van der Waals surface area contributed by atoms with Crippen LogP contribution in [0.5, 0.6) is 0 Å². The Morgan fingerprint density at radius 3 is 2.47 bits per heavy atom. The highest BCUT2D eigenvalue weighted by Gasteiger charge is 2.11. The molecule has 0 aromatic heterocycles. The number of benzene rings is 2. The number of hydrogen-bond donors (Lipinski definition) is 2. The zero-order chi connectivity index (χ0) is 12.3. The van der Waals surface area contributed by atoms with Crippen LogP contribution in [0, 0.1) is 3.57 Å². The Labute approximate surface area is 113 Å². The topological polar surface area (TPSA) is 55.1 Å². The molecule has 1 amide bonds. The van der Waals surface area contributed by atoms with Gasteiger partial charge in [0, 0.05) is 9.26 Å². The molecule has 0 atom stereocenters. The Morgan fingerprint density at radius 1 is 1.06 bits per heavy atom. The van der Waals surface area contributed by atoms with E-state index in [0.717, 1.165) is 9.26 Å². The smallest absolute Gasteiger partial charge is 0.257 e. The summed E-state index contributed by atoms with van der Waals surface area (Å²) in [6.07, 6.45) is 0. The van der Waals surface area contributed by atoms with Crippen LogP contribution in [0.4, 0.5) is 11.4 Å². The van der Waals surface area contributed by atoms with Crippen molar-refractivity contribution >= 4 is 39.9 Å². The van der Waals surface area contributed by atoms with Crippen molar-refractivity contribution in [3.8, 4) is 0 Å². The van der Waals surface area contributed by atoms with Gasteiger partial charge in [-0.1, -0.05) is 24.3 Å². The van der Waals surface area contributed by atoms with E-state index in [1.807, 2.05) is 42.5 Å². The molecule has 0 spiro atoms. The number of rotatable bonds is 2. The van der Waals surface area contributed by atoms with Crippen LogP contribution in [-0.4, -0.2) is 5.91 Å². The number of para-hydroxylation sites is 2. The van der Waals surface area contributed by atoms with E-state index in [1.165, 1.54) is 0 Å². The third-order valence-corrected chi connectivity index (χ3v) is 3.27. The van der Waals surface area contributed by atoms with Gasteiger partial charge in [-0.25, -0.2) is 0 Å². The lowest BCUT2D eigenvalue weighted by atomic mass is 10.1. The number of carbonyl (C=O) groups excluding carboxylic acids is 1. The van der Waals surface area contributed by atoms with Gasteiger partial charge in [0.2, 0.25) is 0 Å². The van der Waals surface area contributed by atoms with Gasteiger partial charge in [0.15, 0.2) is 0 Å². The van der Waals surface area contributed by atoms with Gasteiger partial charge in [-0.3, -0.25) is 4.79 Å². The van der Waals surface area contributed by atoms with Crippen LogP contribution in [0.3, 0.4) is 0 Å². The summed E-state index contributed by atoms with van der Waals surface area (Å²) in [5.74, 6) is -0.188. The maximum absolute atomic E-state index is 12.0. The summed E-state index contributed by atoms with van der Waals surface area (Å²) >= 11 is 2.11. The van der Waals surface area contributed by atoms with E-state index < -0.39 is 0 Å². The Bertz CT molecular complexity index is 540. The second-order valence-electron chi connectivity index (χ2n) is 3.52. The van der Waals surface area contributed by atoms with E-state index in [0.29, 0.717) is 11.3 Å². The molecule has 0 aliphatic rings. The molecule has 0 aliphatic heterocycles. The maximum Gasteiger partial charge on any atom is 0.257 e. The third kappa shape index (κ3) is 2.76. The van der Waals surface area contributed by atoms with Crippen LogP contribution in [0.15, 0.2) is 48.5 Å². The molecule has 0 radical (unpaired) electrons. The van der Waals surface area contributed by atoms with E-state index >= 15 is 0 Å². The fraction of sp³-hybridized carbons (Fsp3) is 0. The van der Waals surface area contributed by atoms with E-state index in [-0.39, 0.29) is 5.91 Å². The first-order chi connectivity index (χ1) is 8.18. The molecule has 0 unspecified atom stereocenters. The molecule has 0 fully saturated rings. The molecule has 2 rings (SSSR count).